The molecule has 4 aromatic carbocycles. The third kappa shape index (κ3) is 8.88. The molecular formula is C31H36N2O3RuS. The fourth-order valence-corrected chi connectivity index (χ4v) is 5.07. The maximum atomic E-state index is 12.9. The van der Waals surface area contributed by atoms with Gasteiger partial charge in [0.15, 0.2) is 0 Å². The van der Waals surface area contributed by atoms with Gasteiger partial charge in [0, 0.05) is 19.5 Å². The average Bonchev–Trinajstić information content (AvgIpc) is 2.93. The van der Waals surface area contributed by atoms with Gasteiger partial charge in [0.25, 0.3) is 0 Å². The van der Waals surface area contributed by atoms with E-state index in [1.54, 1.807) is 12.1 Å². The van der Waals surface area contributed by atoms with Crippen molar-refractivity contribution in [3.05, 3.63) is 131 Å². The molecule has 7 heteroatoms. The van der Waals surface area contributed by atoms with E-state index in [4.69, 9.17) is 10.5 Å². The minimum atomic E-state index is -3.77. The van der Waals surface area contributed by atoms with Crippen LogP contribution in [0.25, 0.3) is 0 Å². The number of nitrogens with one attached hydrogen (secondary N) is 1. The number of hydrogen-bond acceptors (Lipinski definition) is 4. The first-order valence-electron chi connectivity index (χ1n) is 12.3. The van der Waals surface area contributed by atoms with Crippen molar-refractivity contribution in [2.24, 2.45) is 5.73 Å². The number of benzene rings is 4. The molecule has 0 amide bonds. The number of aryl methyl sites for hydroxylation is 1. The van der Waals surface area contributed by atoms with Crippen LogP contribution in [-0.4, -0.2) is 15.5 Å². The van der Waals surface area contributed by atoms with Crippen molar-refractivity contribution >= 4 is 10.0 Å². The summed E-state index contributed by atoms with van der Waals surface area (Å²) in [5, 5.41) is 0. The molecule has 0 heterocycles. The number of methoxy groups -OCH3 is 1. The molecule has 0 saturated carbocycles. The van der Waals surface area contributed by atoms with Gasteiger partial charge in [0.1, 0.15) is 5.75 Å². The van der Waals surface area contributed by atoms with Crippen LogP contribution in [0.3, 0.4) is 0 Å². The monoisotopic (exact) mass is 618 g/mol. The fraction of sp³-hybridized carbons (Fsp3) is 0.226. The van der Waals surface area contributed by atoms with E-state index in [9.17, 15) is 8.42 Å². The van der Waals surface area contributed by atoms with Crippen molar-refractivity contribution in [2.75, 3.05) is 7.11 Å². The summed E-state index contributed by atoms with van der Waals surface area (Å²) in [7, 11) is -2.24. The van der Waals surface area contributed by atoms with Crippen molar-refractivity contribution in [3.63, 3.8) is 0 Å². The topological polar surface area (TPSA) is 81.4 Å². The van der Waals surface area contributed by atoms with Crippen molar-refractivity contribution in [3.8, 4) is 5.75 Å². The zero-order valence-electron chi connectivity index (χ0n) is 22.2. The zero-order valence-corrected chi connectivity index (χ0v) is 24.7. The van der Waals surface area contributed by atoms with E-state index in [0.29, 0.717) is 11.7 Å². The van der Waals surface area contributed by atoms with E-state index >= 15 is 0 Å². The maximum absolute atomic E-state index is 12.9. The largest absolute Gasteiger partial charge is 0.497 e. The van der Waals surface area contributed by atoms with E-state index in [1.807, 2.05) is 60.7 Å². The minimum Gasteiger partial charge on any atom is -0.497 e. The Balaban J connectivity index is 0.000000389. The van der Waals surface area contributed by atoms with Gasteiger partial charge in [-0.15, -0.1) is 0 Å². The SMILES string of the molecule is COc1ccc(S(=O)(=O)N[C@H](c2ccccc2)[C@H](N)c2ccccc2)cc1.Cc1ccc(C(C)C)cc1.[Ru]. The van der Waals surface area contributed by atoms with Gasteiger partial charge in [-0.1, -0.05) is 104 Å². The molecule has 0 unspecified atom stereocenters. The van der Waals surface area contributed by atoms with Crippen LogP contribution in [0.1, 0.15) is 54.1 Å². The summed E-state index contributed by atoms with van der Waals surface area (Å²) >= 11 is 0. The van der Waals surface area contributed by atoms with Crippen molar-refractivity contribution in [2.45, 2.75) is 43.7 Å². The molecule has 38 heavy (non-hydrogen) atoms. The van der Waals surface area contributed by atoms with Crippen LogP contribution >= 0.6 is 0 Å². The summed E-state index contributed by atoms with van der Waals surface area (Å²) < 4.78 is 33.7. The molecule has 0 aliphatic heterocycles. The molecule has 0 aliphatic rings. The van der Waals surface area contributed by atoms with Gasteiger partial charge in [0.2, 0.25) is 10.0 Å². The van der Waals surface area contributed by atoms with Crippen LogP contribution in [0, 0.1) is 6.92 Å². The molecule has 0 bridgehead atoms. The summed E-state index contributed by atoms with van der Waals surface area (Å²) in [6.07, 6.45) is 0. The molecule has 202 valence electrons. The quantitative estimate of drug-likeness (QED) is 0.220. The normalized spacial score (nSPS) is 12.5. The molecular weight excluding hydrogens is 581 g/mol. The van der Waals surface area contributed by atoms with E-state index in [-0.39, 0.29) is 24.4 Å². The van der Waals surface area contributed by atoms with Crippen molar-refractivity contribution in [1.82, 2.24) is 4.72 Å². The molecule has 0 fully saturated rings. The Labute approximate surface area is 240 Å². The van der Waals surface area contributed by atoms with Crippen molar-refractivity contribution in [1.29, 1.82) is 0 Å². The predicted octanol–water partition coefficient (Wildman–Crippen LogP) is 6.53. The predicted molar refractivity (Wildman–Crippen MR) is 151 cm³/mol. The third-order valence-electron chi connectivity index (χ3n) is 6.10. The number of hydrogen-bond donors (Lipinski definition) is 2. The van der Waals surface area contributed by atoms with Crippen LogP contribution in [-0.2, 0) is 29.5 Å². The molecule has 4 rings (SSSR count). The molecule has 0 radical (unpaired) electrons. The second-order valence-corrected chi connectivity index (χ2v) is 10.9. The molecule has 2 atom stereocenters. The summed E-state index contributed by atoms with van der Waals surface area (Å²) in [5.41, 5.74) is 10.9. The Kier molecular flexibility index (Phi) is 12.3. The Bertz CT molecular complexity index is 1330. The number of rotatable bonds is 8. The van der Waals surface area contributed by atoms with Gasteiger partial charge < -0.3 is 10.5 Å². The van der Waals surface area contributed by atoms with Crippen LogP contribution < -0.4 is 15.2 Å². The van der Waals surface area contributed by atoms with Crippen LogP contribution in [0.4, 0.5) is 0 Å². The first-order valence-corrected chi connectivity index (χ1v) is 13.8. The number of nitrogens with two attached hydrogens (primary N) is 1. The van der Waals surface area contributed by atoms with Crippen LogP contribution in [0.15, 0.2) is 114 Å². The van der Waals surface area contributed by atoms with Gasteiger partial charge in [-0.25, -0.2) is 13.1 Å². The van der Waals surface area contributed by atoms with Gasteiger partial charge in [-0.2, -0.15) is 0 Å². The van der Waals surface area contributed by atoms with Gasteiger partial charge in [0.05, 0.1) is 24.1 Å². The van der Waals surface area contributed by atoms with Crippen LogP contribution in [0.5, 0.6) is 5.75 Å². The fourth-order valence-electron chi connectivity index (χ4n) is 3.82. The summed E-state index contributed by atoms with van der Waals surface area (Å²) in [4.78, 5) is 0.157. The Morgan fingerprint density at radius 1 is 0.711 bits per heavy atom. The molecule has 5 nitrogen and oxygen atoms in total. The van der Waals surface area contributed by atoms with Gasteiger partial charge in [-0.05, 0) is 53.8 Å². The standard InChI is InChI=1S/C21H22N2O3S.C10H14.Ru/c1-26-18-12-14-19(15-13-18)27(24,25)23-21(17-10-6-3-7-11-17)20(22)16-8-4-2-5-9-16;1-8(2)10-6-4-9(3)5-7-10;/h2-15,20-21,23H,22H2,1H3;4-8H,1-3H3;/t20-,21-;;/m1../s1. The zero-order chi connectivity index (χ0) is 26.8. The summed E-state index contributed by atoms with van der Waals surface area (Å²) in [5.74, 6) is 1.25. The van der Waals surface area contributed by atoms with E-state index < -0.39 is 22.1 Å². The second kappa shape index (κ2) is 14.9. The van der Waals surface area contributed by atoms with E-state index in [0.717, 1.165) is 11.1 Å². The molecule has 4 aromatic rings. The van der Waals surface area contributed by atoms with E-state index in [1.165, 1.54) is 30.4 Å². The summed E-state index contributed by atoms with van der Waals surface area (Å²) in [6.45, 7) is 6.54. The average molecular weight is 618 g/mol. The Morgan fingerprint density at radius 3 is 1.68 bits per heavy atom. The molecule has 0 aromatic heterocycles. The number of ether oxygens (including phenoxy) is 1. The smallest absolute Gasteiger partial charge is 0.241 e. The Morgan fingerprint density at radius 2 is 1.21 bits per heavy atom. The number of sulfonamides is 1. The molecule has 3 N–H and O–H groups in total. The second-order valence-electron chi connectivity index (χ2n) is 9.19. The van der Waals surface area contributed by atoms with Crippen molar-refractivity contribution < 1.29 is 32.6 Å². The minimum absolute atomic E-state index is 0. The van der Waals surface area contributed by atoms with Gasteiger partial charge in [-0.3, -0.25) is 0 Å². The van der Waals surface area contributed by atoms with Gasteiger partial charge >= 0.3 is 0 Å². The van der Waals surface area contributed by atoms with Crippen LogP contribution in [0.2, 0.25) is 0 Å². The molecule has 0 saturated heterocycles. The Hall–Kier alpha value is -2.83. The third-order valence-corrected chi connectivity index (χ3v) is 7.56. The molecule has 0 aliphatic carbocycles. The first-order chi connectivity index (χ1) is 17.7. The molecule has 0 spiro atoms. The van der Waals surface area contributed by atoms with E-state index in [2.05, 4.69) is 49.8 Å². The maximum Gasteiger partial charge on any atom is 0.241 e. The first kappa shape index (κ1) is 31.4. The summed E-state index contributed by atoms with van der Waals surface area (Å²) in [6, 6.07) is 32.6.